The SMILES string of the molecule is CCNCCCC(=O)NCOC(=O)OCC[N+](C)(Cc1ccc(N=O)cc1)Cc1ccc(C)c(C)c1. The van der Waals surface area contributed by atoms with Crippen molar-refractivity contribution in [1.82, 2.24) is 10.6 Å². The molecule has 0 spiro atoms. The molecule has 0 fully saturated rings. The van der Waals surface area contributed by atoms with E-state index >= 15 is 0 Å². The van der Waals surface area contributed by atoms with Crippen LogP contribution in [0.4, 0.5) is 10.5 Å². The second-order valence-corrected chi connectivity index (χ2v) is 9.28. The van der Waals surface area contributed by atoms with Gasteiger partial charge in [-0.05, 0) is 61.8 Å². The number of carbonyl (C=O) groups excluding carboxylic acids is 2. The maximum absolute atomic E-state index is 12.0. The van der Waals surface area contributed by atoms with Gasteiger partial charge in [0.25, 0.3) is 0 Å². The molecule has 0 heterocycles. The molecule has 1 unspecified atom stereocenters. The van der Waals surface area contributed by atoms with Crippen molar-refractivity contribution < 1.29 is 23.5 Å². The average molecular weight is 500 g/mol. The number of hydrogen-bond donors (Lipinski definition) is 2. The minimum atomic E-state index is -0.818. The molecule has 0 aliphatic carbocycles. The first kappa shape index (κ1) is 28.9. The number of ether oxygens (including phenoxy) is 2. The molecule has 1 amide bonds. The van der Waals surface area contributed by atoms with E-state index in [1.807, 2.05) is 19.1 Å². The number of rotatable bonds is 15. The lowest BCUT2D eigenvalue weighted by atomic mass is 10.0. The molecule has 0 aliphatic rings. The number of nitrogens with one attached hydrogen (secondary N) is 2. The summed E-state index contributed by atoms with van der Waals surface area (Å²) in [6, 6.07) is 13.6. The van der Waals surface area contributed by atoms with Gasteiger partial charge in [-0.15, -0.1) is 4.91 Å². The van der Waals surface area contributed by atoms with Gasteiger partial charge in [0.15, 0.2) is 6.73 Å². The number of likely N-dealkylation sites (N-methyl/N-ethyl adjacent to an activating group) is 1. The summed E-state index contributed by atoms with van der Waals surface area (Å²) in [7, 11) is 2.10. The van der Waals surface area contributed by atoms with E-state index in [1.165, 1.54) is 16.7 Å². The number of quaternary nitrogens is 1. The molecule has 2 N–H and O–H groups in total. The number of carbonyl (C=O) groups is 2. The van der Waals surface area contributed by atoms with Crippen molar-refractivity contribution in [3.05, 3.63) is 69.6 Å². The monoisotopic (exact) mass is 499 g/mol. The summed E-state index contributed by atoms with van der Waals surface area (Å²) in [5.41, 5.74) is 5.09. The van der Waals surface area contributed by atoms with Crippen LogP contribution in [-0.2, 0) is 27.4 Å². The average Bonchev–Trinajstić information content (AvgIpc) is 2.84. The van der Waals surface area contributed by atoms with Crippen LogP contribution in [-0.4, -0.2) is 56.6 Å². The lowest BCUT2D eigenvalue weighted by Gasteiger charge is -2.34. The van der Waals surface area contributed by atoms with E-state index in [2.05, 4.69) is 54.9 Å². The number of nitroso groups, excluding NO2 is 1. The number of nitrogens with zero attached hydrogens (tertiary/aromatic N) is 2. The molecule has 9 nitrogen and oxygen atoms in total. The third kappa shape index (κ3) is 10.5. The number of benzene rings is 2. The molecule has 196 valence electrons. The third-order valence-corrected chi connectivity index (χ3v) is 6.06. The van der Waals surface area contributed by atoms with Gasteiger partial charge in [-0.25, -0.2) is 4.79 Å². The van der Waals surface area contributed by atoms with Gasteiger partial charge in [0, 0.05) is 17.5 Å². The molecule has 0 aliphatic heterocycles. The Morgan fingerprint density at radius 2 is 1.67 bits per heavy atom. The van der Waals surface area contributed by atoms with Gasteiger partial charge in [0.05, 0.1) is 7.05 Å². The summed E-state index contributed by atoms with van der Waals surface area (Å²) in [6.45, 7) is 9.71. The Morgan fingerprint density at radius 3 is 2.33 bits per heavy atom. The molecule has 0 radical (unpaired) electrons. The highest BCUT2D eigenvalue weighted by Gasteiger charge is 2.24. The van der Waals surface area contributed by atoms with Crippen LogP contribution >= 0.6 is 0 Å². The first-order valence-electron chi connectivity index (χ1n) is 12.3. The molecular formula is C27H39N4O5+. The highest BCUT2D eigenvalue weighted by Crippen LogP contribution is 2.21. The second-order valence-electron chi connectivity index (χ2n) is 9.28. The summed E-state index contributed by atoms with van der Waals surface area (Å²) in [5, 5.41) is 8.67. The van der Waals surface area contributed by atoms with Crippen LogP contribution in [0, 0.1) is 18.8 Å². The molecule has 2 aromatic carbocycles. The Bertz CT molecular complexity index is 996. The number of amides is 1. The van der Waals surface area contributed by atoms with Crippen molar-refractivity contribution in [3.8, 4) is 0 Å². The zero-order chi connectivity index (χ0) is 26.4. The normalized spacial score (nSPS) is 12.4. The van der Waals surface area contributed by atoms with Crippen molar-refractivity contribution in [2.45, 2.75) is 46.7 Å². The van der Waals surface area contributed by atoms with E-state index < -0.39 is 6.16 Å². The summed E-state index contributed by atoms with van der Waals surface area (Å²) < 4.78 is 10.9. The summed E-state index contributed by atoms with van der Waals surface area (Å²) in [4.78, 5) is 34.5. The van der Waals surface area contributed by atoms with Gasteiger partial charge in [0.2, 0.25) is 5.91 Å². The molecule has 1 atom stereocenters. The topological polar surface area (TPSA) is 106 Å². The Hall–Kier alpha value is -3.30. The van der Waals surface area contributed by atoms with E-state index in [0.717, 1.165) is 31.6 Å². The first-order valence-corrected chi connectivity index (χ1v) is 12.3. The van der Waals surface area contributed by atoms with Crippen LogP contribution in [0.5, 0.6) is 0 Å². The molecule has 0 bridgehead atoms. The Morgan fingerprint density at radius 1 is 0.972 bits per heavy atom. The Kier molecular flexibility index (Phi) is 12.0. The standard InChI is InChI=1S/C27H38N4O5/c1-5-28-14-6-7-26(32)29-20-36-27(33)35-16-15-31(4,18-23-10-12-25(30-34)13-11-23)19-24-9-8-21(2)22(3)17-24/h8-13,17,28H,5-7,14-16,18-20H2,1-4H3/p+1. The fourth-order valence-electron chi connectivity index (χ4n) is 3.87. The largest absolute Gasteiger partial charge is 0.510 e. The Balaban J connectivity index is 1.89. The highest BCUT2D eigenvalue weighted by atomic mass is 16.7. The van der Waals surface area contributed by atoms with Crippen LogP contribution in [0.15, 0.2) is 47.6 Å². The van der Waals surface area contributed by atoms with Gasteiger partial charge in [-0.3, -0.25) is 4.79 Å². The van der Waals surface area contributed by atoms with Crippen LogP contribution in [0.2, 0.25) is 0 Å². The van der Waals surface area contributed by atoms with Crippen LogP contribution < -0.4 is 10.6 Å². The Labute approximate surface area is 213 Å². The fourth-order valence-corrected chi connectivity index (χ4v) is 3.87. The van der Waals surface area contributed by atoms with Gasteiger partial charge in [0.1, 0.15) is 31.9 Å². The second kappa shape index (κ2) is 15.0. The van der Waals surface area contributed by atoms with Gasteiger partial charge in [-0.1, -0.05) is 37.3 Å². The fraction of sp³-hybridized carbons (Fsp3) is 0.481. The lowest BCUT2D eigenvalue weighted by molar-refractivity contribution is -0.935. The minimum absolute atomic E-state index is 0.158. The maximum atomic E-state index is 12.0. The van der Waals surface area contributed by atoms with Crippen molar-refractivity contribution in [3.63, 3.8) is 0 Å². The zero-order valence-corrected chi connectivity index (χ0v) is 21.8. The van der Waals surface area contributed by atoms with E-state index in [9.17, 15) is 14.5 Å². The molecule has 2 aromatic rings. The molecule has 0 saturated carbocycles. The highest BCUT2D eigenvalue weighted by molar-refractivity contribution is 5.75. The molecule has 2 rings (SSSR count). The number of aryl methyl sites for hydroxylation is 2. The van der Waals surface area contributed by atoms with Gasteiger partial charge >= 0.3 is 6.16 Å². The van der Waals surface area contributed by atoms with Crippen LogP contribution in [0.1, 0.15) is 42.0 Å². The smallest absolute Gasteiger partial charge is 0.428 e. The molecule has 0 saturated heterocycles. The summed E-state index contributed by atoms with van der Waals surface area (Å²) in [5.74, 6) is -0.172. The predicted octanol–water partition coefficient (Wildman–Crippen LogP) is 4.46. The lowest BCUT2D eigenvalue weighted by Crippen LogP contribution is -2.45. The van der Waals surface area contributed by atoms with E-state index in [0.29, 0.717) is 29.7 Å². The van der Waals surface area contributed by atoms with Gasteiger partial charge in [-0.2, -0.15) is 0 Å². The molecule has 36 heavy (non-hydrogen) atoms. The molecule has 0 aromatic heterocycles. The van der Waals surface area contributed by atoms with Crippen molar-refractivity contribution in [2.75, 3.05) is 40.0 Å². The van der Waals surface area contributed by atoms with Crippen LogP contribution in [0.25, 0.3) is 0 Å². The molecular weight excluding hydrogens is 460 g/mol. The zero-order valence-electron chi connectivity index (χ0n) is 21.8. The van der Waals surface area contributed by atoms with Crippen molar-refractivity contribution in [2.24, 2.45) is 5.18 Å². The maximum Gasteiger partial charge on any atom is 0.510 e. The van der Waals surface area contributed by atoms with Crippen LogP contribution in [0.3, 0.4) is 0 Å². The quantitative estimate of drug-likeness (QED) is 0.123. The van der Waals surface area contributed by atoms with E-state index in [4.69, 9.17) is 9.47 Å². The van der Waals surface area contributed by atoms with E-state index in [-0.39, 0.29) is 19.2 Å². The van der Waals surface area contributed by atoms with E-state index in [1.54, 1.807) is 12.1 Å². The first-order chi connectivity index (χ1) is 17.2. The summed E-state index contributed by atoms with van der Waals surface area (Å²) >= 11 is 0. The van der Waals surface area contributed by atoms with Crippen molar-refractivity contribution in [1.29, 1.82) is 0 Å². The minimum Gasteiger partial charge on any atom is -0.428 e. The molecule has 9 heteroatoms. The third-order valence-electron chi connectivity index (χ3n) is 6.06. The summed E-state index contributed by atoms with van der Waals surface area (Å²) in [6.07, 6.45) is 0.265. The van der Waals surface area contributed by atoms with Crippen molar-refractivity contribution >= 4 is 17.7 Å². The van der Waals surface area contributed by atoms with Gasteiger partial charge < -0.3 is 24.6 Å². The predicted molar refractivity (Wildman–Crippen MR) is 139 cm³/mol. The number of hydrogen-bond acceptors (Lipinski definition) is 7.